The molecule has 3 rings (SSSR count). The van der Waals surface area contributed by atoms with Gasteiger partial charge in [-0.2, -0.15) is 0 Å². The first-order chi connectivity index (χ1) is 9.56. The summed E-state index contributed by atoms with van der Waals surface area (Å²) in [6, 6.07) is 4.43. The van der Waals surface area contributed by atoms with Gasteiger partial charge in [-0.15, -0.1) is 0 Å². The lowest BCUT2D eigenvalue weighted by Crippen LogP contribution is -2.38. The predicted molar refractivity (Wildman–Crippen MR) is 72.0 cm³/mol. The van der Waals surface area contributed by atoms with Gasteiger partial charge in [0.25, 0.3) is 0 Å². The molecule has 20 heavy (non-hydrogen) atoms. The topological polar surface area (TPSA) is 84.4 Å². The minimum absolute atomic E-state index is 0.0531. The Morgan fingerprint density at radius 3 is 2.75 bits per heavy atom. The summed E-state index contributed by atoms with van der Waals surface area (Å²) in [6.07, 6.45) is 0.398. The first-order valence-electron chi connectivity index (χ1n) is 6.47. The molecule has 0 spiro atoms. The summed E-state index contributed by atoms with van der Waals surface area (Å²) >= 11 is 0. The van der Waals surface area contributed by atoms with Crippen LogP contribution in [0.2, 0.25) is 0 Å². The molecule has 1 aromatic heterocycles. The van der Waals surface area contributed by atoms with Crippen molar-refractivity contribution >= 4 is 23.1 Å². The maximum atomic E-state index is 13.4. The van der Waals surface area contributed by atoms with Crippen LogP contribution >= 0.6 is 0 Å². The molecule has 7 heteroatoms. The molecule has 3 N–H and O–H groups in total. The number of benzene rings is 1. The average molecular weight is 278 g/mol. The quantitative estimate of drug-likeness (QED) is 0.836. The summed E-state index contributed by atoms with van der Waals surface area (Å²) < 4.78 is 15.2. The number of nitrogen functional groups attached to an aromatic ring is 1. The molecule has 106 valence electrons. The fourth-order valence-electron chi connectivity index (χ4n) is 2.78. The fourth-order valence-corrected chi connectivity index (χ4v) is 2.78. The second kappa shape index (κ2) is 4.66. The van der Waals surface area contributed by atoms with E-state index < -0.39 is 6.09 Å². The number of piperidine rings is 1. The Kier molecular flexibility index (Phi) is 2.96. The van der Waals surface area contributed by atoms with Crippen LogP contribution < -0.4 is 5.73 Å². The third kappa shape index (κ3) is 2.04. The highest BCUT2D eigenvalue weighted by Gasteiger charge is 2.26. The number of carboxylic acid groups (broad SMARTS) is 1. The van der Waals surface area contributed by atoms with Gasteiger partial charge in [0.1, 0.15) is 5.82 Å². The summed E-state index contributed by atoms with van der Waals surface area (Å²) in [7, 11) is 0. The summed E-state index contributed by atoms with van der Waals surface area (Å²) in [5.41, 5.74) is 7.25. The van der Waals surface area contributed by atoms with Crippen molar-refractivity contribution in [3.05, 3.63) is 24.0 Å². The number of hydrogen-bond acceptors (Lipinski definition) is 3. The van der Waals surface area contributed by atoms with Crippen LogP contribution in [-0.2, 0) is 0 Å². The molecule has 1 aliphatic rings. The van der Waals surface area contributed by atoms with Crippen molar-refractivity contribution in [3.8, 4) is 0 Å². The molecule has 0 atom stereocenters. The maximum absolute atomic E-state index is 13.4. The van der Waals surface area contributed by atoms with Gasteiger partial charge in [0.05, 0.1) is 11.0 Å². The van der Waals surface area contributed by atoms with E-state index in [4.69, 9.17) is 10.8 Å². The number of nitrogens with zero attached hydrogens (tertiary/aromatic N) is 3. The van der Waals surface area contributed by atoms with Gasteiger partial charge in [-0.3, -0.25) is 0 Å². The van der Waals surface area contributed by atoms with Gasteiger partial charge in [-0.05, 0) is 31.0 Å². The Hall–Kier alpha value is -2.31. The summed E-state index contributed by atoms with van der Waals surface area (Å²) in [4.78, 5) is 16.5. The summed E-state index contributed by atoms with van der Waals surface area (Å²) in [5.74, 6) is 0.0148. The van der Waals surface area contributed by atoms with E-state index in [0.717, 1.165) is 0 Å². The molecule has 0 radical (unpaired) electrons. The number of hydrogen-bond donors (Lipinski definition) is 2. The SMILES string of the molecule is Nc1nc2ccc(F)cc2n1C1CCN(C(=O)O)CC1. The van der Waals surface area contributed by atoms with Crippen molar-refractivity contribution < 1.29 is 14.3 Å². The Labute approximate surface area is 114 Å². The normalized spacial score (nSPS) is 16.8. The van der Waals surface area contributed by atoms with Crippen LogP contribution in [0.5, 0.6) is 0 Å². The molecule has 1 saturated heterocycles. The monoisotopic (exact) mass is 278 g/mol. The fraction of sp³-hybridized carbons (Fsp3) is 0.385. The number of amides is 1. The van der Waals surface area contributed by atoms with Gasteiger partial charge in [0, 0.05) is 19.1 Å². The molecule has 2 aromatic rings. The van der Waals surface area contributed by atoms with E-state index >= 15 is 0 Å². The third-order valence-electron chi connectivity index (χ3n) is 3.78. The number of carbonyl (C=O) groups is 1. The van der Waals surface area contributed by atoms with Gasteiger partial charge in [-0.25, -0.2) is 14.2 Å². The van der Waals surface area contributed by atoms with Crippen molar-refractivity contribution in [3.63, 3.8) is 0 Å². The molecule has 1 aromatic carbocycles. The standard InChI is InChI=1S/C13H15FN4O2/c14-8-1-2-10-11(7-8)18(12(15)16-10)9-3-5-17(6-4-9)13(19)20/h1-2,7,9H,3-6H2,(H2,15,16)(H,19,20). The number of imidazole rings is 1. The lowest BCUT2D eigenvalue weighted by molar-refractivity contribution is 0.126. The van der Waals surface area contributed by atoms with E-state index in [0.29, 0.717) is 42.9 Å². The second-order valence-corrected chi connectivity index (χ2v) is 4.97. The van der Waals surface area contributed by atoms with Crippen LogP contribution in [0.3, 0.4) is 0 Å². The Balaban J connectivity index is 1.93. The third-order valence-corrected chi connectivity index (χ3v) is 3.78. The molecular formula is C13H15FN4O2. The van der Waals surface area contributed by atoms with Gasteiger partial charge in [-0.1, -0.05) is 0 Å². The zero-order chi connectivity index (χ0) is 14.3. The maximum Gasteiger partial charge on any atom is 0.407 e. The summed E-state index contributed by atoms with van der Waals surface area (Å²) in [5, 5.41) is 8.95. The molecule has 0 bridgehead atoms. The second-order valence-electron chi connectivity index (χ2n) is 4.97. The van der Waals surface area contributed by atoms with Gasteiger partial charge < -0.3 is 20.3 Å². The summed E-state index contributed by atoms with van der Waals surface area (Å²) in [6.45, 7) is 0.906. The number of anilines is 1. The van der Waals surface area contributed by atoms with Crippen LogP contribution in [0.4, 0.5) is 15.1 Å². The van der Waals surface area contributed by atoms with Gasteiger partial charge >= 0.3 is 6.09 Å². The Morgan fingerprint density at radius 2 is 2.10 bits per heavy atom. The van der Waals surface area contributed by atoms with Crippen molar-refractivity contribution in [1.82, 2.24) is 14.5 Å². The van der Waals surface area contributed by atoms with Crippen LogP contribution in [-0.4, -0.2) is 38.7 Å². The molecule has 1 amide bonds. The molecular weight excluding hydrogens is 263 g/mol. The smallest absolute Gasteiger partial charge is 0.407 e. The lowest BCUT2D eigenvalue weighted by atomic mass is 10.0. The van der Waals surface area contributed by atoms with Crippen molar-refractivity contribution in [2.45, 2.75) is 18.9 Å². The largest absolute Gasteiger partial charge is 0.465 e. The number of likely N-dealkylation sites (tertiary alicyclic amines) is 1. The minimum atomic E-state index is -0.905. The lowest BCUT2D eigenvalue weighted by Gasteiger charge is -2.31. The van der Waals surface area contributed by atoms with E-state index in [1.54, 1.807) is 6.07 Å². The first kappa shape index (κ1) is 12.7. The van der Waals surface area contributed by atoms with Gasteiger partial charge in [0.2, 0.25) is 5.95 Å². The number of rotatable bonds is 1. The van der Waals surface area contributed by atoms with Crippen molar-refractivity contribution in [2.75, 3.05) is 18.8 Å². The Bertz CT molecular complexity index is 662. The zero-order valence-electron chi connectivity index (χ0n) is 10.8. The minimum Gasteiger partial charge on any atom is -0.465 e. The predicted octanol–water partition coefficient (Wildman–Crippen LogP) is 2.07. The highest BCUT2D eigenvalue weighted by molar-refractivity contribution is 5.78. The molecule has 0 aliphatic carbocycles. The number of aromatic nitrogens is 2. The average Bonchev–Trinajstić information content (AvgIpc) is 2.74. The molecule has 0 unspecified atom stereocenters. The first-order valence-corrected chi connectivity index (χ1v) is 6.47. The van der Waals surface area contributed by atoms with E-state index in [-0.39, 0.29) is 11.9 Å². The van der Waals surface area contributed by atoms with Crippen molar-refractivity contribution in [1.29, 1.82) is 0 Å². The number of nitrogens with two attached hydrogens (primary N) is 1. The van der Waals surface area contributed by atoms with Crippen LogP contribution in [0.15, 0.2) is 18.2 Å². The zero-order valence-corrected chi connectivity index (χ0v) is 10.8. The van der Waals surface area contributed by atoms with Crippen LogP contribution in [0, 0.1) is 5.82 Å². The molecule has 1 fully saturated rings. The van der Waals surface area contributed by atoms with Gasteiger partial charge in [0.15, 0.2) is 0 Å². The number of fused-ring (bicyclic) bond motifs is 1. The van der Waals surface area contributed by atoms with E-state index in [1.165, 1.54) is 17.0 Å². The molecule has 1 aliphatic heterocycles. The highest BCUT2D eigenvalue weighted by atomic mass is 19.1. The highest BCUT2D eigenvalue weighted by Crippen LogP contribution is 2.30. The Morgan fingerprint density at radius 1 is 1.40 bits per heavy atom. The van der Waals surface area contributed by atoms with E-state index in [1.807, 2.05) is 4.57 Å². The molecule has 2 heterocycles. The van der Waals surface area contributed by atoms with Crippen LogP contribution in [0.1, 0.15) is 18.9 Å². The van der Waals surface area contributed by atoms with E-state index in [9.17, 15) is 9.18 Å². The molecule has 0 saturated carbocycles. The molecule has 6 nitrogen and oxygen atoms in total. The van der Waals surface area contributed by atoms with Crippen LogP contribution in [0.25, 0.3) is 11.0 Å². The van der Waals surface area contributed by atoms with E-state index in [2.05, 4.69) is 4.98 Å². The number of halogens is 1. The van der Waals surface area contributed by atoms with Crippen molar-refractivity contribution in [2.24, 2.45) is 0 Å².